The van der Waals surface area contributed by atoms with Crippen LogP contribution in [0.1, 0.15) is 5.56 Å². The lowest BCUT2D eigenvalue weighted by atomic mass is 10.2. The van der Waals surface area contributed by atoms with Crippen molar-refractivity contribution in [3.8, 4) is 11.5 Å². The molecule has 0 aliphatic carbocycles. The van der Waals surface area contributed by atoms with E-state index in [-0.39, 0.29) is 12.4 Å². The zero-order valence-corrected chi connectivity index (χ0v) is 10.4. The molecule has 4 heteroatoms. The molecular weight excluding hydrogens is 287 g/mol. The minimum Gasteiger partial charge on any atom is -0.454 e. The van der Waals surface area contributed by atoms with E-state index in [0.717, 1.165) is 10.0 Å². The zero-order valence-electron chi connectivity index (χ0n) is 8.86. The molecule has 0 aromatic heterocycles. The van der Waals surface area contributed by atoms with Crippen molar-refractivity contribution in [2.24, 2.45) is 0 Å². The Kier molecular flexibility index (Phi) is 3.76. The maximum atomic E-state index is 13.4. The lowest BCUT2D eigenvalue weighted by Crippen LogP contribution is -1.89. The first-order valence-electron chi connectivity index (χ1n) is 5.02. The van der Waals surface area contributed by atoms with Gasteiger partial charge in [-0.1, -0.05) is 28.1 Å². The Morgan fingerprint density at radius 3 is 2.47 bits per heavy atom. The van der Waals surface area contributed by atoms with Gasteiger partial charge in [-0.3, -0.25) is 0 Å². The summed E-state index contributed by atoms with van der Waals surface area (Å²) in [5, 5.41) is 8.89. The van der Waals surface area contributed by atoms with Gasteiger partial charge in [-0.05, 0) is 35.9 Å². The molecule has 0 atom stereocenters. The van der Waals surface area contributed by atoms with Crippen molar-refractivity contribution in [1.82, 2.24) is 0 Å². The summed E-state index contributed by atoms with van der Waals surface area (Å²) in [5.41, 5.74) is 0.784. The number of halogens is 2. The molecule has 0 bridgehead atoms. The summed E-state index contributed by atoms with van der Waals surface area (Å²) < 4.78 is 19.6. The molecule has 2 aromatic rings. The van der Waals surface area contributed by atoms with Crippen molar-refractivity contribution < 1.29 is 14.2 Å². The number of hydrogen-bond acceptors (Lipinski definition) is 2. The highest BCUT2D eigenvalue weighted by Gasteiger charge is 2.05. The van der Waals surface area contributed by atoms with Crippen molar-refractivity contribution in [1.29, 1.82) is 0 Å². The molecule has 2 rings (SSSR count). The van der Waals surface area contributed by atoms with Crippen LogP contribution in [0.15, 0.2) is 46.9 Å². The predicted octanol–water partition coefficient (Wildman–Crippen LogP) is 3.87. The highest BCUT2D eigenvalue weighted by molar-refractivity contribution is 9.10. The molecule has 0 radical (unpaired) electrons. The summed E-state index contributed by atoms with van der Waals surface area (Å²) in [6.07, 6.45) is 0. The van der Waals surface area contributed by atoms with Gasteiger partial charge in [0.15, 0.2) is 11.6 Å². The molecule has 0 fully saturated rings. The second kappa shape index (κ2) is 5.29. The minimum absolute atomic E-state index is 0.0223. The molecule has 88 valence electrons. The molecule has 0 aliphatic rings. The van der Waals surface area contributed by atoms with Crippen LogP contribution < -0.4 is 4.74 Å². The van der Waals surface area contributed by atoms with E-state index in [1.165, 1.54) is 6.07 Å². The van der Waals surface area contributed by atoms with Gasteiger partial charge in [0.2, 0.25) is 0 Å². The first-order valence-corrected chi connectivity index (χ1v) is 5.81. The summed E-state index contributed by atoms with van der Waals surface area (Å²) in [6, 6.07) is 11.3. The van der Waals surface area contributed by atoms with Crippen LogP contribution in [0.25, 0.3) is 0 Å². The quantitative estimate of drug-likeness (QED) is 0.931. The first kappa shape index (κ1) is 12.1. The number of hydrogen-bond donors (Lipinski definition) is 1. The van der Waals surface area contributed by atoms with Crippen LogP contribution >= 0.6 is 15.9 Å². The lowest BCUT2D eigenvalue weighted by Gasteiger charge is -2.07. The Bertz CT molecular complexity index is 511. The van der Waals surface area contributed by atoms with Crippen molar-refractivity contribution in [2.45, 2.75) is 6.61 Å². The highest BCUT2D eigenvalue weighted by Crippen LogP contribution is 2.27. The van der Waals surface area contributed by atoms with Crippen molar-refractivity contribution in [3.05, 3.63) is 58.3 Å². The van der Waals surface area contributed by atoms with Gasteiger partial charge in [-0.25, -0.2) is 4.39 Å². The van der Waals surface area contributed by atoms with Crippen LogP contribution in [0.4, 0.5) is 4.39 Å². The lowest BCUT2D eigenvalue weighted by molar-refractivity contribution is 0.281. The summed E-state index contributed by atoms with van der Waals surface area (Å²) >= 11 is 3.25. The molecule has 0 amide bonds. The van der Waals surface area contributed by atoms with Gasteiger partial charge in [-0.2, -0.15) is 0 Å². The Hall–Kier alpha value is -1.39. The molecule has 2 nitrogen and oxygen atoms in total. The number of aliphatic hydroxyl groups is 1. The molecule has 1 N–H and O–H groups in total. The molecule has 17 heavy (non-hydrogen) atoms. The topological polar surface area (TPSA) is 29.5 Å². The van der Waals surface area contributed by atoms with Gasteiger partial charge >= 0.3 is 0 Å². The van der Waals surface area contributed by atoms with Gasteiger partial charge in [-0.15, -0.1) is 0 Å². The van der Waals surface area contributed by atoms with Crippen molar-refractivity contribution in [3.63, 3.8) is 0 Å². The van der Waals surface area contributed by atoms with E-state index in [0.29, 0.717) is 5.75 Å². The Morgan fingerprint density at radius 2 is 1.82 bits per heavy atom. The van der Waals surface area contributed by atoms with Crippen LogP contribution in [0.5, 0.6) is 11.5 Å². The van der Waals surface area contributed by atoms with Crippen LogP contribution in [-0.2, 0) is 6.61 Å². The molecule has 0 saturated carbocycles. The van der Waals surface area contributed by atoms with Crippen LogP contribution in [0, 0.1) is 5.82 Å². The molecule has 2 aromatic carbocycles. The Balaban J connectivity index is 2.22. The van der Waals surface area contributed by atoms with Gasteiger partial charge in [0, 0.05) is 4.47 Å². The zero-order chi connectivity index (χ0) is 12.3. The number of rotatable bonds is 3. The number of ether oxygens (including phenoxy) is 1. The second-order valence-corrected chi connectivity index (χ2v) is 4.39. The van der Waals surface area contributed by atoms with E-state index in [9.17, 15) is 4.39 Å². The summed E-state index contributed by atoms with van der Waals surface area (Å²) in [4.78, 5) is 0. The van der Waals surface area contributed by atoms with Crippen LogP contribution in [0.3, 0.4) is 0 Å². The van der Waals surface area contributed by atoms with Crippen LogP contribution in [-0.4, -0.2) is 5.11 Å². The van der Waals surface area contributed by atoms with Crippen molar-refractivity contribution >= 4 is 15.9 Å². The summed E-state index contributed by atoms with van der Waals surface area (Å²) in [7, 11) is 0. The van der Waals surface area contributed by atoms with E-state index < -0.39 is 5.82 Å². The standard InChI is InChI=1S/C13H10BrFO2/c14-10-3-6-12(15)13(7-10)17-11-4-1-9(8-16)2-5-11/h1-7,16H,8H2. The maximum Gasteiger partial charge on any atom is 0.165 e. The molecule has 0 spiro atoms. The molecule has 0 aliphatic heterocycles. The third-order valence-electron chi connectivity index (χ3n) is 2.23. The van der Waals surface area contributed by atoms with E-state index in [2.05, 4.69) is 15.9 Å². The van der Waals surface area contributed by atoms with E-state index in [1.54, 1.807) is 36.4 Å². The average Bonchev–Trinajstić information content (AvgIpc) is 2.35. The smallest absolute Gasteiger partial charge is 0.165 e. The normalized spacial score (nSPS) is 10.3. The SMILES string of the molecule is OCc1ccc(Oc2cc(Br)ccc2F)cc1. The molecule has 0 unspecified atom stereocenters. The fourth-order valence-corrected chi connectivity index (χ4v) is 1.69. The van der Waals surface area contributed by atoms with E-state index in [1.807, 2.05) is 0 Å². The fourth-order valence-electron chi connectivity index (χ4n) is 1.35. The van der Waals surface area contributed by atoms with Gasteiger partial charge in [0.25, 0.3) is 0 Å². The van der Waals surface area contributed by atoms with Gasteiger partial charge < -0.3 is 9.84 Å². The molecule has 0 saturated heterocycles. The van der Waals surface area contributed by atoms with Crippen LogP contribution in [0.2, 0.25) is 0 Å². The minimum atomic E-state index is -0.417. The fraction of sp³-hybridized carbons (Fsp3) is 0.0769. The molecular formula is C13H10BrFO2. The predicted molar refractivity (Wildman–Crippen MR) is 66.5 cm³/mol. The molecule has 0 heterocycles. The Labute approximate surface area is 107 Å². The van der Waals surface area contributed by atoms with Gasteiger partial charge in [0.1, 0.15) is 5.75 Å². The number of aliphatic hydroxyl groups excluding tert-OH is 1. The summed E-state index contributed by atoms with van der Waals surface area (Å²) in [6.45, 7) is -0.0223. The third-order valence-corrected chi connectivity index (χ3v) is 2.72. The third kappa shape index (κ3) is 3.05. The second-order valence-electron chi connectivity index (χ2n) is 3.48. The maximum absolute atomic E-state index is 13.4. The monoisotopic (exact) mass is 296 g/mol. The summed E-state index contributed by atoms with van der Waals surface area (Å²) in [5.74, 6) is 0.273. The van der Waals surface area contributed by atoms with E-state index in [4.69, 9.17) is 9.84 Å². The number of benzene rings is 2. The average molecular weight is 297 g/mol. The van der Waals surface area contributed by atoms with E-state index >= 15 is 0 Å². The van der Waals surface area contributed by atoms with Gasteiger partial charge in [0.05, 0.1) is 6.61 Å². The van der Waals surface area contributed by atoms with Crippen molar-refractivity contribution in [2.75, 3.05) is 0 Å². The highest BCUT2D eigenvalue weighted by atomic mass is 79.9. The largest absolute Gasteiger partial charge is 0.454 e. The first-order chi connectivity index (χ1) is 8.19. The Morgan fingerprint density at radius 1 is 1.12 bits per heavy atom.